The summed E-state index contributed by atoms with van der Waals surface area (Å²) in [7, 11) is 1.00. The number of piperidine rings is 2. The van der Waals surface area contributed by atoms with E-state index in [1.54, 1.807) is 32.0 Å². The van der Waals surface area contributed by atoms with Gasteiger partial charge in [0.15, 0.2) is 30.2 Å². The SMILES string of the molecule is C1CCNCC1.CC(=O)O[C@@H](C)C(=Nc1cccc(C)c1C(=O)Nc1ccccc1)N1CCCCC1.CC(=O)O[C@@H](C)C(=O)Cl.CC(=O)O[C@@H](C)c1nc2cccc(C)c2c(=Nc2ccccc2)o1.CC(=O)O[C@@H](C)c1nc2cccc(C)c2c(=O)n1-c1ccccc1.CO.Cc1cccc(N)c1C(=O)Nc1ccccc1.Cc1cccc(NC(=O)C(C)C)c1C(=O)Nc1ccccc1.ClCCl.ClCCl. The van der Waals surface area contributed by atoms with Crippen LogP contribution in [0.3, 0.4) is 0 Å². The van der Waals surface area contributed by atoms with Gasteiger partial charge in [-0.15, -0.1) is 46.4 Å². The number of nitrogen functional groups attached to an aromatic ring is 1. The van der Waals surface area contributed by atoms with E-state index in [-0.39, 0.29) is 57.7 Å². The number of aryl methyl sites for hydroxylation is 5. The molecule has 2 aliphatic rings. The number of halogens is 5. The maximum Gasteiger partial charge on any atom is 0.303 e. The van der Waals surface area contributed by atoms with Crippen LogP contribution in [0.15, 0.2) is 262 Å². The van der Waals surface area contributed by atoms with Crippen LogP contribution in [0.25, 0.3) is 27.5 Å². The number of alkyl halides is 4. The number of nitrogens with zero attached hydrogens (tertiary/aromatic N) is 6. The van der Waals surface area contributed by atoms with Crippen molar-refractivity contribution in [2.75, 3.05) is 71.0 Å². The summed E-state index contributed by atoms with van der Waals surface area (Å²) in [4.78, 5) is 138. The number of carbonyl (C=O) groups excluding carboxylic acids is 9. The number of aromatic nitrogens is 3. The summed E-state index contributed by atoms with van der Waals surface area (Å²) in [6, 6.07) is 74.5. The van der Waals surface area contributed by atoms with Crippen LogP contribution in [0.2, 0.25) is 0 Å². The van der Waals surface area contributed by atoms with E-state index < -0.39 is 41.6 Å². The lowest BCUT2D eigenvalue weighted by molar-refractivity contribution is -0.149. The fourth-order valence-electron chi connectivity index (χ4n) is 13.9. The molecule has 10 aromatic carbocycles. The third-order valence-electron chi connectivity index (χ3n) is 20.3. The van der Waals surface area contributed by atoms with Gasteiger partial charge in [0.1, 0.15) is 5.84 Å². The van der Waals surface area contributed by atoms with Gasteiger partial charge in [0, 0.05) is 76.6 Å². The van der Waals surface area contributed by atoms with Gasteiger partial charge < -0.3 is 65.7 Å². The van der Waals surface area contributed by atoms with Crippen molar-refractivity contribution in [2.45, 2.75) is 167 Å². The largest absolute Gasteiger partial charge is 0.455 e. The molecule has 33 heteroatoms. The van der Waals surface area contributed by atoms with Gasteiger partial charge in [-0.1, -0.05) is 172 Å². The molecular formula is C107H125Cl5N12O16. The van der Waals surface area contributed by atoms with Gasteiger partial charge in [0.2, 0.25) is 17.4 Å². The average molecular weight is 2010 g/mol. The monoisotopic (exact) mass is 2010 g/mol. The number of fused-ring (bicyclic) bond motifs is 2. The molecule has 744 valence electrons. The Hall–Kier alpha value is -13.5. The summed E-state index contributed by atoms with van der Waals surface area (Å²) in [5.74, 6) is -1.13. The fraction of sp³-hybridized carbons (Fsp3) is 0.308. The number of benzene rings is 10. The third kappa shape index (κ3) is 39.8. The first-order valence-corrected chi connectivity index (χ1v) is 47.7. The number of likely N-dealkylation sites (tertiary alicyclic amines) is 1. The minimum absolute atomic E-state index is 0.112. The number of anilines is 5. The summed E-state index contributed by atoms with van der Waals surface area (Å²) >= 11 is 24.0. The molecule has 0 bridgehead atoms. The maximum atomic E-state index is 13.1. The van der Waals surface area contributed by atoms with Crippen LogP contribution in [-0.2, 0) is 47.7 Å². The molecule has 12 aromatic rings. The van der Waals surface area contributed by atoms with Gasteiger partial charge in [-0.25, -0.2) is 20.0 Å². The zero-order valence-corrected chi connectivity index (χ0v) is 85.5. The van der Waals surface area contributed by atoms with Gasteiger partial charge in [-0.2, -0.15) is 0 Å². The number of para-hydroxylation sites is 5. The predicted octanol–water partition coefficient (Wildman–Crippen LogP) is 22.6. The van der Waals surface area contributed by atoms with Crippen molar-refractivity contribution >= 4 is 178 Å². The molecule has 140 heavy (non-hydrogen) atoms. The van der Waals surface area contributed by atoms with Crippen LogP contribution < -0.4 is 43.4 Å². The summed E-state index contributed by atoms with van der Waals surface area (Å²) in [5.41, 5.74) is 18.7. The topological polar surface area (TPSA) is 386 Å². The summed E-state index contributed by atoms with van der Waals surface area (Å²) < 4.78 is 27.7. The molecule has 0 spiro atoms. The minimum atomic E-state index is -0.829. The quantitative estimate of drug-likeness (QED) is 0.00752. The van der Waals surface area contributed by atoms with Crippen molar-refractivity contribution < 1.29 is 71.6 Å². The highest BCUT2D eigenvalue weighted by molar-refractivity contribution is 6.64. The second kappa shape index (κ2) is 63.2. The van der Waals surface area contributed by atoms with Gasteiger partial charge in [0.25, 0.3) is 28.5 Å². The Balaban J connectivity index is 0.000000293. The van der Waals surface area contributed by atoms with Crippen LogP contribution in [-0.4, -0.2) is 139 Å². The van der Waals surface area contributed by atoms with Crippen LogP contribution in [0.5, 0.6) is 0 Å². The van der Waals surface area contributed by atoms with E-state index in [1.807, 2.05) is 280 Å². The zero-order valence-electron chi connectivity index (χ0n) is 81.7. The summed E-state index contributed by atoms with van der Waals surface area (Å²) in [5, 5.41) is 22.9. The van der Waals surface area contributed by atoms with Crippen molar-refractivity contribution in [1.29, 1.82) is 0 Å². The standard InChI is InChI=1S/C24H29N3O3.2C19H18N2O3.C18H20N2O2.C14H14N2O.C5H7ClO3.C5H11N.2CH2Cl2.CH4O/c1-17-11-10-14-21(22(17)24(29)25-20-12-6-4-7-13-20)26-23(18(2)30-19(3)28)27-15-8-5-9-16-27;1-12-8-7-11-16-17(12)19(23)21(15-9-5-4-6-10-15)18(20-16)13(2)24-14(3)22;1-12-8-7-11-16-17(12)19(20-15-9-5-4-6-10-15)24-18(21-16)13(2)23-14(3)22;1-12(2)17(21)20-15-11-7-8-13(3)16(15)18(22)19-14-9-5-4-6-10-14;1-10-6-5-9-12(15)13(10)14(17)16-11-7-3-2-4-8-11;1-3(5(6)8)9-4(2)7;1-2-4-6-5-3-1;2*2-1-3;1-2/h4,6-7,10-14,18H,5,8-9,15-16H2,1-3H3,(H,25,29);2*4-11,13H,1-3H3;4-12H,1-3H3,(H,19,22)(H,20,21);2-9H,15H2,1H3,(H,16,17);3H,1-2H3;6H,1-5H2;2*1H2;2H,1H3/t18-;2*13-;;;3-;;;;/m000..0..../s1. The lowest BCUT2D eigenvalue weighted by Crippen LogP contribution is -2.42. The van der Waals surface area contributed by atoms with Gasteiger partial charge in [-0.05, 0) is 238 Å². The fourth-order valence-corrected chi connectivity index (χ4v) is 13.9. The van der Waals surface area contributed by atoms with E-state index in [2.05, 4.69) is 51.2 Å². The Labute approximate surface area is 843 Å². The molecule has 0 radical (unpaired) electrons. The molecule has 28 nitrogen and oxygen atoms in total. The molecule has 14 rings (SSSR count). The number of aliphatic hydroxyl groups excluding tert-OH is 1. The number of hydrogen-bond donors (Lipinski definition) is 7. The highest BCUT2D eigenvalue weighted by Gasteiger charge is 2.27. The Morgan fingerprint density at radius 1 is 0.457 bits per heavy atom. The zero-order chi connectivity index (χ0) is 103. The number of ether oxygens (including phenoxy) is 4. The number of nitrogens with two attached hydrogens (primary N) is 1. The number of hydrogen-bond acceptors (Lipinski definition) is 22. The molecule has 2 aromatic heterocycles. The number of rotatable bonds is 19. The summed E-state index contributed by atoms with van der Waals surface area (Å²) in [6.45, 7) is 29.3. The first-order chi connectivity index (χ1) is 67.0. The van der Waals surface area contributed by atoms with Crippen molar-refractivity contribution in [2.24, 2.45) is 15.9 Å². The molecule has 8 N–H and O–H groups in total. The normalized spacial score (nSPS) is 12.6. The second-order valence-corrected chi connectivity index (χ2v) is 33.6. The minimum Gasteiger partial charge on any atom is -0.455 e. The Kier molecular flexibility index (Phi) is 52.8. The number of amidine groups is 1. The first kappa shape index (κ1) is 117. The molecule has 4 atom stereocenters. The third-order valence-corrected chi connectivity index (χ3v) is 20.6. The maximum absolute atomic E-state index is 13.1. The molecular weight excluding hydrogens is 1890 g/mol. The summed E-state index contributed by atoms with van der Waals surface area (Å²) in [6.07, 6.45) is 4.99. The van der Waals surface area contributed by atoms with Crippen LogP contribution >= 0.6 is 58.0 Å². The Morgan fingerprint density at radius 3 is 1.31 bits per heavy atom. The van der Waals surface area contributed by atoms with Crippen LogP contribution in [0.1, 0.15) is 191 Å². The lowest BCUT2D eigenvalue weighted by Gasteiger charge is -2.32. The first-order valence-electron chi connectivity index (χ1n) is 45.2. The lowest BCUT2D eigenvalue weighted by atomic mass is 10.0. The number of esters is 4. The van der Waals surface area contributed by atoms with Crippen LogP contribution in [0, 0.1) is 40.5 Å². The number of amides is 4. The molecule has 0 saturated carbocycles. The van der Waals surface area contributed by atoms with Gasteiger partial charge >= 0.3 is 23.9 Å². The van der Waals surface area contributed by atoms with Crippen molar-refractivity contribution in [3.05, 3.63) is 315 Å². The van der Waals surface area contributed by atoms with E-state index in [0.29, 0.717) is 73.4 Å². The van der Waals surface area contributed by atoms with E-state index in [1.165, 1.54) is 78.0 Å². The second-order valence-electron chi connectivity index (χ2n) is 31.6. The molecule has 0 unspecified atom stereocenters. The van der Waals surface area contributed by atoms with E-state index in [0.717, 1.165) is 94.5 Å². The molecule has 2 saturated heterocycles. The van der Waals surface area contributed by atoms with Crippen LogP contribution in [0.4, 0.5) is 39.8 Å². The Morgan fingerprint density at radius 2 is 0.857 bits per heavy atom. The van der Waals surface area contributed by atoms with E-state index in [4.69, 9.17) is 92.5 Å². The van der Waals surface area contributed by atoms with E-state index >= 15 is 0 Å². The smallest absolute Gasteiger partial charge is 0.303 e. The predicted molar refractivity (Wildman–Crippen MR) is 561 cm³/mol. The number of aliphatic hydroxyl groups is 1. The van der Waals surface area contributed by atoms with Crippen molar-refractivity contribution in [3.63, 3.8) is 0 Å². The molecule has 4 amide bonds. The highest BCUT2D eigenvalue weighted by atomic mass is 35.5. The van der Waals surface area contributed by atoms with E-state index in [9.17, 15) is 47.9 Å². The number of nitrogens with one attached hydrogen (secondary N) is 5. The molecule has 4 heterocycles. The number of aliphatic imine (C=N–C) groups is 1. The Bertz CT molecular complexity index is 6120. The molecule has 0 aliphatic carbocycles. The van der Waals surface area contributed by atoms with Gasteiger partial charge in [0.05, 0.1) is 71.9 Å². The average Bonchev–Trinajstić information content (AvgIpc) is 0.743. The highest BCUT2D eigenvalue weighted by Crippen LogP contribution is 2.30. The van der Waals surface area contributed by atoms with Crippen molar-refractivity contribution in [1.82, 2.24) is 24.8 Å². The molecule has 2 aliphatic heterocycles. The molecule has 2 fully saturated rings. The van der Waals surface area contributed by atoms with Gasteiger partial charge in [-0.3, -0.25) is 52.5 Å². The number of carbonyl (C=O) groups is 9. The van der Waals surface area contributed by atoms with Crippen molar-refractivity contribution in [3.8, 4) is 5.69 Å².